The lowest BCUT2D eigenvalue weighted by Gasteiger charge is -2.38. The molecule has 0 amide bonds. The minimum Gasteiger partial charge on any atom is -0.391 e. The summed E-state index contributed by atoms with van der Waals surface area (Å²) in [5.74, 6) is -3.52. The Hall–Kier alpha value is -0.240. The van der Waals surface area contributed by atoms with E-state index >= 15 is 0 Å². The van der Waals surface area contributed by atoms with E-state index in [0.717, 1.165) is 0 Å². The van der Waals surface area contributed by atoms with Gasteiger partial charge in [-0.1, -0.05) is 0 Å². The molecule has 6 nitrogen and oxygen atoms in total. The van der Waals surface area contributed by atoms with Crippen LogP contribution in [0.1, 0.15) is 0 Å². The van der Waals surface area contributed by atoms with Gasteiger partial charge in [0.25, 0.3) is 0 Å². The Morgan fingerprint density at radius 3 is 1.42 bits per heavy atom. The van der Waals surface area contributed by atoms with Gasteiger partial charge in [0.1, 0.15) is 13.2 Å². The number of hydrogen-bond donors (Lipinski definition) is 4. The van der Waals surface area contributed by atoms with E-state index in [1.807, 2.05) is 0 Å². The lowest BCUT2D eigenvalue weighted by atomic mass is 10.2. The van der Waals surface area contributed by atoms with Crippen molar-refractivity contribution in [2.45, 2.75) is 11.6 Å². The number of aliphatic hydroxyl groups is 4. The van der Waals surface area contributed by atoms with Gasteiger partial charge < -0.3 is 29.9 Å². The van der Waals surface area contributed by atoms with E-state index in [2.05, 4.69) is 0 Å². The van der Waals surface area contributed by atoms with Gasteiger partial charge in [-0.2, -0.15) is 0 Å². The first-order chi connectivity index (χ1) is 5.54. The third kappa shape index (κ3) is 1.92. The van der Waals surface area contributed by atoms with Crippen LogP contribution in [-0.4, -0.2) is 58.4 Å². The predicted molar refractivity (Wildman–Crippen MR) is 36.0 cm³/mol. The Labute approximate surface area is 69.0 Å². The minimum absolute atomic E-state index is 0.374. The van der Waals surface area contributed by atoms with E-state index in [4.69, 9.17) is 19.7 Å². The van der Waals surface area contributed by atoms with Crippen molar-refractivity contribution >= 4 is 0 Å². The molecule has 1 fully saturated rings. The maximum absolute atomic E-state index is 9.22. The molecular weight excluding hydrogens is 168 g/mol. The first kappa shape index (κ1) is 9.85. The summed E-state index contributed by atoms with van der Waals surface area (Å²) in [6, 6.07) is 0. The summed E-state index contributed by atoms with van der Waals surface area (Å²) >= 11 is 0. The summed E-state index contributed by atoms with van der Waals surface area (Å²) in [5.41, 5.74) is 0. The Bertz CT molecular complexity index is 132. The van der Waals surface area contributed by atoms with Gasteiger partial charge >= 0.3 is 0 Å². The zero-order chi connectivity index (χ0) is 9.24. The number of hydrogen-bond acceptors (Lipinski definition) is 6. The van der Waals surface area contributed by atoms with Gasteiger partial charge in [-0.25, -0.2) is 0 Å². The molecule has 72 valence electrons. The normalized spacial score (nSPS) is 43.0. The standard InChI is InChI=1S/C6H12O6/c7-1-5(9)3-12-6(10,2-8)4-11-5/h7-10H,1-4H2. The van der Waals surface area contributed by atoms with Gasteiger partial charge in [-0.3, -0.25) is 0 Å². The largest absolute Gasteiger partial charge is 0.391 e. The number of aliphatic hydroxyl groups excluding tert-OH is 2. The van der Waals surface area contributed by atoms with Crippen LogP contribution in [0, 0.1) is 0 Å². The Morgan fingerprint density at radius 1 is 0.917 bits per heavy atom. The van der Waals surface area contributed by atoms with E-state index in [1.54, 1.807) is 0 Å². The number of ether oxygens (including phenoxy) is 2. The molecule has 0 aromatic rings. The van der Waals surface area contributed by atoms with Crippen LogP contribution >= 0.6 is 0 Å². The van der Waals surface area contributed by atoms with Gasteiger partial charge in [-0.15, -0.1) is 0 Å². The highest BCUT2D eigenvalue weighted by molar-refractivity contribution is 4.77. The van der Waals surface area contributed by atoms with Crippen molar-refractivity contribution in [2.24, 2.45) is 0 Å². The third-order valence-corrected chi connectivity index (χ3v) is 1.63. The summed E-state index contributed by atoms with van der Waals surface area (Å²) in [6.07, 6.45) is 0. The Morgan fingerprint density at radius 2 is 1.25 bits per heavy atom. The molecule has 1 rings (SSSR count). The van der Waals surface area contributed by atoms with Crippen molar-refractivity contribution < 1.29 is 29.9 Å². The molecule has 0 spiro atoms. The molecule has 0 bridgehead atoms. The zero-order valence-corrected chi connectivity index (χ0v) is 6.43. The second kappa shape index (κ2) is 3.25. The average Bonchev–Trinajstić information content (AvgIpc) is 2.11. The van der Waals surface area contributed by atoms with Crippen molar-refractivity contribution in [3.8, 4) is 0 Å². The van der Waals surface area contributed by atoms with Gasteiger partial charge in [0, 0.05) is 0 Å². The van der Waals surface area contributed by atoms with Crippen LogP contribution in [0.5, 0.6) is 0 Å². The molecule has 12 heavy (non-hydrogen) atoms. The first-order valence-electron chi connectivity index (χ1n) is 3.48. The summed E-state index contributed by atoms with van der Waals surface area (Å²) in [5, 5.41) is 35.6. The zero-order valence-electron chi connectivity index (χ0n) is 6.43. The second-order valence-electron chi connectivity index (χ2n) is 2.79. The average molecular weight is 180 g/mol. The molecule has 1 saturated heterocycles. The van der Waals surface area contributed by atoms with Crippen molar-refractivity contribution in [2.75, 3.05) is 26.4 Å². The molecule has 4 N–H and O–H groups in total. The molecule has 0 saturated carbocycles. The van der Waals surface area contributed by atoms with E-state index < -0.39 is 24.8 Å². The number of rotatable bonds is 2. The third-order valence-electron chi connectivity index (χ3n) is 1.63. The summed E-state index contributed by atoms with van der Waals surface area (Å²) in [6.45, 7) is -1.98. The highest BCUT2D eigenvalue weighted by Gasteiger charge is 2.42. The van der Waals surface area contributed by atoms with Crippen molar-refractivity contribution in [1.29, 1.82) is 0 Å². The molecule has 2 atom stereocenters. The van der Waals surface area contributed by atoms with Crippen LogP contribution in [0.25, 0.3) is 0 Å². The fourth-order valence-electron chi connectivity index (χ4n) is 0.760. The smallest absolute Gasteiger partial charge is 0.213 e. The molecular formula is C6H12O6. The van der Waals surface area contributed by atoms with Crippen LogP contribution in [-0.2, 0) is 9.47 Å². The molecule has 0 aromatic carbocycles. The van der Waals surface area contributed by atoms with Gasteiger partial charge in [0.2, 0.25) is 11.6 Å². The Kier molecular flexibility index (Phi) is 2.67. The molecule has 6 heteroatoms. The van der Waals surface area contributed by atoms with E-state index in [1.165, 1.54) is 0 Å². The van der Waals surface area contributed by atoms with Gasteiger partial charge in [-0.05, 0) is 0 Å². The molecule has 0 radical (unpaired) electrons. The van der Waals surface area contributed by atoms with Crippen molar-refractivity contribution in [1.82, 2.24) is 0 Å². The summed E-state index contributed by atoms with van der Waals surface area (Å²) < 4.78 is 9.38. The van der Waals surface area contributed by atoms with Crippen molar-refractivity contribution in [3.05, 3.63) is 0 Å². The van der Waals surface area contributed by atoms with Gasteiger partial charge in [0.15, 0.2) is 0 Å². The minimum atomic E-state index is -1.76. The van der Waals surface area contributed by atoms with Crippen LogP contribution in [0.2, 0.25) is 0 Å². The fourth-order valence-corrected chi connectivity index (χ4v) is 0.760. The maximum Gasteiger partial charge on any atom is 0.213 e. The Balaban J connectivity index is 2.49. The molecule has 1 heterocycles. The van der Waals surface area contributed by atoms with Crippen LogP contribution in [0.4, 0.5) is 0 Å². The monoisotopic (exact) mass is 180 g/mol. The molecule has 1 aliphatic rings. The van der Waals surface area contributed by atoms with Crippen molar-refractivity contribution in [3.63, 3.8) is 0 Å². The lowest BCUT2D eigenvalue weighted by molar-refractivity contribution is -0.377. The van der Waals surface area contributed by atoms with Crippen LogP contribution in [0.15, 0.2) is 0 Å². The molecule has 0 aromatic heterocycles. The van der Waals surface area contributed by atoms with E-state index in [9.17, 15) is 10.2 Å². The molecule has 0 aliphatic carbocycles. The second-order valence-corrected chi connectivity index (χ2v) is 2.79. The quantitative estimate of drug-likeness (QED) is 0.372. The lowest BCUT2D eigenvalue weighted by Crippen LogP contribution is -2.56. The molecule has 2 unspecified atom stereocenters. The van der Waals surface area contributed by atoms with E-state index in [0.29, 0.717) is 0 Å². The highest BCUT2D eigenvalue weighted by Crippen LogP contribution is 2.20. The SMILES string of the molecule is OCC1(O)COC(O)(CO)CO1. The van der Waals surface area contributed by atoms with Crippen LogP contribution < -0.4 is 0 Å². The first-order valence-corrected chi connectivity index (χ1v) is 3.48. The predicted octanol–water partition coefficient (Wildman–Crippen LogP) is -2.60. The maximum atomic E-state index is 9.22. The molecule has 1 aliphatic heterocycles. The summed E-state index contributed by atoms with van der Waals surface area (Å²) in [4.78, 5) is 0. The fraction of sp³-hybridized carbons (Fsp3) is 1.00. The van der Waals surface area contributed by atoms with Crippen LogP contribution in [0.3, 0.4) is 0 Å². The highest BCUT2D eigenvalue weighted by atomic mass is 16.7. The van der Waals surface area contributed by atoms with E-state index in [-0.39, 0.29) is 13.2 Å². The topological polar surface area (TPSA) is 99.4 Å². The summed E-state index contributed by atoms with van der Waals surface area (Å²) in [7, 11) is 0. The van der Waals surface area contributed by atoms with Gasteiger partial charge in [0.05, 0.1) is 13.2 Å².